The van der Waals surface area contributed by atoms with Gasteiger partial charge in [-0.15, -0.1) is 0 Å². The molecule has 2 aromatic heterocycles. The Hall–Kier alpha value is -2.79. The van der Waals surface area contributed by atoms with Crippen molar-refractivity contribution < 1.29 is 27.1 Å². The minimum Gasteiger partial charge on any atom is -0.381 e. The van der Waals surface area contributed by atoms with Crippen molar-refractivity contribution in [3.05, 3.63) is 41.1 Å². The third-order valence-electron chi connectivity index (χ3n) is 4.04. The second kappa shape index (κ2) is 7.08. The Labute approximate surface area is 150 Å². The van der Waals surface area contributed by atoms with Crippen LogP contribution >= 0.6 is 0 Å². The van der Waals surface area contributed by atoms with Crippen LogP contribution in [0.15, 0.2) is 18.3 Å². The van der Waals surface area contributed by atoms with Gasteiger partial charge in [-0.05, 0) is 12.1 Å². The number of nitrogens with two attached hydrogens (primary N) is 2. The van der Waals surface area contributed by atoms with E-state index < -0.39 is 41.2 Å². The Bertz CT molecular complexity index is 882. The molecular formula is C16H15F4N5O2. The number of primary amides is 1. The van der Waals surface area contributed by atoms with Gasteiger partial charge in [-0.2, -0.15) is 13.2 Å². The number of nitrogen functional groups attached to an aromatic ring is 1. The number of nitrogens with one attached hydrogen (secondary N) is 1. The zero-order valence-electron chi connectivity index (χ0n) is 13.8. The fraction of sp³-hybridized carbons (Fsp3) is 0.312. The number of rotatable bonds is 3. The van der Waals surface area contributed by atoms with E-state index in [9.17, 15) is 22.4 Å². The predicted molar refractivity (Wildman–Crippen MR) is 86.9 cm³/mol. The van der Waals surface area contributed by atoms with Gasteiger partial charge >= 0.3 is 6.18 Å². The molecule has 1 fully saturated rings. The molecule has 1 atom stereocenters. The molecule has 27 heavy (non-hydrogen) atoms. The van der Waals surface area contributed by atoms with Crippen molar-refractivity contribution in [3.8, 4) is 11.1 Å². The number of alkyl halides is 3. The average Bonchev–Trinajstić information content (AvgIpc) is 2.63. The highest BCUT2D eigenvalue weighted by Gasteiger charge is 2.34. The van der Waals surface area contributed by atoms with E-state index in [2.05, 4.69) is 15.3 Å². The number of amides is 1. The first-order valence-corrected chi connectivity index (χ1v) is 7.84. The molecule has 0 saturated carbocycles. The molecular weight excluding hydrogens is 370 g/mol. The molecule has 0 aliphatic carbocycles. The van der Waals surface area contributed by atoms with Crippen LogP contribution in [0.3, 0.4) is 0 Å². The number of pyridine rings is 2. The minimum atomic E-state index is -4.77. The van der Waals surface area contributed by atoms with Crippen molar-refractivity contribution in [1.82, 2.24) is 15.3 Å². The molecule has 1 unspecified atom stereocenters. The molecule has 1 saturated heterocycles. The van der Waals surface area contributed by atoms with E-state index in [1.54, 1.807) is 0 Å². The number of ether oxygens (including phenoxy) is 1. The van der Waals surface area contributed by atoms with Crippen LogP contribution in [-0.4, -0.2) is 35.6 Å². The average molecular weight is 385 g/mol. The van der Waals surface area contributed by atoms with Gasteiger partial charge in [-0.3, -0.25) is 4.79 Å². The van der Waals surface area contributed by atoms with Gasteiger partial charge in [0, 0.05) is 36.0 Å². The van der Waals surface area contributed by atoms with E-state index in [4.69, 9.17) is 16.2 Å². The van der Waals surface area contributed by atoms with Gasteiger partial charge in [0.05, 0.1) is 12.7 Å². The summed E-state index contributed by atoms with van der Waals surface area (Å²) in [4.78, 5) is 18.8. The smallest absolute Gasteiger partial charge is 0.381 e. The number of anilines is 1. The van der Waals surface area contributed by atoms with Crippen molar-refractivity contribution in [2.45, 2.75) is 12.3 Å². The van der Waals surface area contributed by atoms with Crippen LogP contribution in [0.5, 0.6) is 0 Å². The SMILES string of the molecule is NC(=O)c1nc(C(F)(F)F)ccc1-c1cnc(N)c(F)c1C1CNCCO1. The van der Waals surface area contributed by atoms with Crippen LogP contribution in [0.4, 0.5) is 23.4 Å². The molecule has 3 rings (SSSR count). The van der Waals surface area contributed by atoms with Gasteiger partial charge in [-0.1, -0.05) is 0 Å². The molecule has 0 spiro atoms. The summed E-state index contributed by atoms with van der Waals surface area (Å²) >= 11 is 0. The van der Waals surface area contributed by atoms with Gasteiger partial charge in [0.15, 0.2) is 11.6 Å². The van der Waals surface area contributed by atoms with Crippen molar-refractivity contribution in [1.29, 1.82) is 0 Å². The van der Waals surface area contributed by atoms with Crippen LogP contribution in [0.2, 0.25) is 0 Å². The summed E-state index contributed by atoms with van der Waals surface area (Å²) in [6, 6.07) is 1.68. The Balaban J connectivity index is 2.22. The molecule has 1 aliphatic rings. The number of carbonyl (C=O) groups is 1. The first-order valence-electron chi connectivity index (χ1n) is 7.84. The summed E-state index contributed by atoms with van der Waals surface area (Å²) in [5.41, 5.74) is 8.71. The van der Waals surface area contributed by atoms with Gasteiger partial charge < -0.3 is 21.5 Å². The van der Waals surface area contributed by atoms with E-state index in [0.29, 0.717) is 19.2 Å². The summed E-state index contributed by atoms with van der Waals surface area (Å²) in [5.74, 6) is -2.47. The second-order valence-electron chi connectivity index (χ2n) is 5.80. The zero-order chi connectivity index (χ0) is 19.8. The molecule has 0 bridgehead atoms. The lowest BCUT2D eigenvalue weighted by atomic mass is 9.95. The molecule has 5 N–H and O–H groups in total. The summed E-state index contributed by atoms with van der Waals surface area (Å²) < 4.78 is 59.0. The topological polar surface area (TPSA) is 116 Å². The third-order valence-corrected chi connectivity index (χ3v) is 4.04. The second-order valence-corrected chi connectivity index (χ2v) is 5.80. The van der Waals surface area contributed by atoms with Gasteiger partial charge in [0.1, 0.15) is 11.4 Å². The quantitative estimate of drug-likeness (QED) is 0.692. The number of carbonyl (C=O) groups excluding carboxylic acids is 1. The van der Waals surface area contributed by atoms with Crippen molar-refractivity contribution in [2.24, 2.45) is 5.73 Å². The first kappa shape index (κ1) is 19.0. The Morgan fingerprint density at radius 2 is 2.04 bits per heavy atom. The molecule has 144 valence electrons. The minimum absolute atomic E-state index is 0.0289. The highest BCUT2D eigenvalue weighted by atomic mass is 19.4. The first-order chi connectivity index (χ1) is 12.7. The highest BCUT2D eigenvalue weighted by molar-refractivity contribution is 5.98. The summed E-state index contributed by atoms with van der Waals surface area (Å²) in [5, 5.41) is 3.02. The van der Waals surface area contributed by atoms with Crippen molar-refractivity contribution >= 4 is 11.7 Å². The number of aromatic nitrogens is 2. The third kappa shape index (κ3) is 3.69. The maximum Gasteiger partial charge on any atom is 0.433 e. The van der Waals surface area contributed by atoms with E-state index in [1.165, 1.54) is 0 Å². The number of halogens is 4. The zero-order valence-corrected chi connectivity index (χ0v) is 13.8. The molecule has 3 heterocycles. The number of hydrogen-bond donors (Lipinski definition) is 3. The molecule has 11 heteroatoms. The molecule has 2 aromatic rings. The van der Waals surface area contributed by atoms with Gasteiger partial charge in [0.2, 0.25) is 0 Å². The fourth-order valence-corrected chi connectivity index (χ4v) is 2.82. The Morgan fingerprint density at radius 1 is 1.30 bits per heavy atom. The lowest BCUT2D eigenvalue weighted by Crippen LogP contribution is -2.34. The maximum atomic E-state index is 14.7. The van der Waals surface area contributed by atoms with Crippen LogP contribution in [0.1, 0.15) is 27.8 Å². The molecule has 1 aliphatic heterocycles. The molecule has 0 aromatic carbocycles. The maximum absolute atomic E-state index is 14.7. The Morgan fingerprint density at radius 3 is 2.63 bits per heavy atom. The van der Waals surface area contributed by atoms with Crippen LogP contribution < -0.4 is 16.8 Å². The monoisotopic (exact) mass is 385 g/mol. The van der Waals surface area contributed by atoms with E-state index >= 15 is 0 Å². The Kier molecular flexibility index (Phi) is 4.98. The summed E-state index contributed by atoms with van der Waals surface area (Å²) in [6.07, 6.45) is -4.39. The van der Waals surface area contributed by atoms with Crippen LogP contribution in [-0.2, 0) is 10.9 Å². The van der Waals surface area contributed by atoms with Gasteiger partial charge in [0.25, 0.3) is 5.91 Å². The molecule has 1 amide bonds. The van der Waals surface area contributed by atoms with Crippen LogP contribution in [0, 0.1) is 5.82 Å². The number of nitrogens with zero attached hydrogens (tertiary/aromatic N) is 2. The summed E-state index contributed by atoms with van der Waals surface area (Å²) in [6.45, 7) is 1.09. The normalized spacial score (nSPS) is 17.7. The predicted octanol–water partition coefficient (Wildman–Crippen LogP) is 1.64. The van der Waals surface area contributed by atoms with Crippen molar-refractivity contribution in [3.63, 3.8) is 0 Å². The lowest BCUT2D eigenvalue weighted by Gasteiger charge is -2.26. The van der Waals surface area contributed by atoms with E-state index in [1.807, 2.05) is 0 Å². The van der Waals surface area contributed by atoms with Crippen LogP contribution in [0.25, 0.3) is 11.1 Å². The van der Waals surface area contributed by atoms with E-state index in [-0.39, 0.29) is 23.2 Å². The molecule has 0 radical (unpaired) electrons. The number of morpholine rings is 1. The fourth-order valence-electron chi connectivity index (χ4n) is 2.82. The number of hydrogen-bond acceptors (Lipinski definition) is 6. The summed E-state index contributed by atoms with van der Waals surface area (Å²) in [7, 11) is 0. The van der Waals surface area contributed by atoms with Gasteiger partial charge in [-0.25, -0.2) is 14.4 Å². The highest BCUT2D eigenvalue weighted by Crippen LogP contribution is 2.37. The largest absolute Gasteiger partial charge is 0.433 e. The standard InChI is InChI=1S/C16H15F4N5O2/c17-12-11(9-6-23-3-4-27-9)8(5-24-14(12)21)7-1-2-10(16(18,19)20)25-13(7)15(22)26/h1-2,5,9,23H,3-4,6H2,(H2,21,24)(H2,22,26). The van der Waals surface area contributed by atoms with E-state index in [0.717, 1.165) is 12.3 Å². The van der Waals surface area contributed by atoms with Crippen molar-refractivity contribution in [2.75, 3.05) is 25.4 Å². The molecule has 7 nitrogen and oxygen atoms in total. The lowest BCUT2D eigenvalue weighted by molar-refractivity contribution is -0.141.